The molecule has 0 bridgehead atoms. The van der Waals surface area contributed by atoms with E-state index in [4.69, 9.17) is 5.73 Å². The van der Waals surface area contributed by atoms with E-state index in [-0.39, 0.29) is 0 Å². The normalized spacial score (nSPS) is 13.0. The summed E-state index contributed by atoms with van der Waals surface area (Å²) in [5, 5.41) is 3.29. The zero-order valence-corrected chi connectivity index (χ0v) is 10.6. The van der Waals surface area contributed by atoms with Crippen LogP contribution in [-0.4, -0.2) is 11.0 Å². The highest BCUT2D eigenvalue weighted by Crippen LogP contribution is 2.13. The predicted molar refractivity (Wildman–Crippen MR) is 67.3 cm³/mol. The molecule has 86 valence electrons. The standard InChI is InChI=1S/C12H22N2S/c1-3-4-5-6-7-11(13)8-12-14-10(2)9-15-12/h9,11H,3-8,13H2,1-2H3. The van der Waals surface area contributed by atoms with Gasteiger partial charge in [-0.15, -0.1) is 11.3 Å². The molecular formula is C12H22N2S. The fourth-order valence-electron chi connectivity index (χ4n) is 1.66. The van der Waals surface area contributed by atoms with Crippen molar-refractivity contribution in [2.75, 3.05) is 0 Å². The van der Waals surface area contributed by atoms with Crippen LogP contribution in [0.25, 0.3) is 0 Å². The van der Waals surface area contributed by atoms with Crippen molar-refractivity contribution in [3.8, 4) is 0 Å². The molecule has 0 saturated carbocycles. The maximum absolute atomic E-state index is 6.06. The number of nitrogens with zero attached hydrogens (tertiary/aromatic N) is 1. The van der Waals surface area contributed by atoms with Gasteiger partial charge in [0, 0.05) is 23.5 Å². The zero-order chi connectivity index (χ0) is 11.1. The summed E-state index contributed by atoms with van der Waals surface area (Å²) in [6.45, 7) is 4.27. The Kier molecular flexibility index (Phi) is 5.88. The van der Waals surface area contributed by atoms with Crippen molar-refractivity contribution in [3.05, 3.63) is 16.1 Å². The smallest absolute Gasteiger partial charge is 0.0943 e. The lowest BCUT2D eigenvalue weighted by molar-refractivity contribution is 0.545. The lowest BCUT2D eigenvalue weighted by Crippen LogP contribution is -2.22. The molecule has 1 atom stereocenters. The minimum absolute atomic E-state index is 0.299. The average Bonchev–Trinajstić information content (AvgIpc) is 2.59. The van der Waals surface area contributed by atoms with Crippen molar-refractivity contribution in [2.45, 2.75) is 58.4 Å². The second-order valence-electron chi connectivity index (χ2n) is 4.20. The number of unbranched alkanes of at least 4 members (excludes halogenated alkanes) is 3. The van der Waals surface area contributed by atoms with E-state index in [2.05, 4.69) is 17.3 Å². The first-order valence-corrected chi connectivity index (χ1v) is 6.77. The maximum Gasteiger partial charge on any atom is 0.0943 e. The van der Waals surface area contributed by atoms with Gasteiger partial charge in [-0.05, 0) is 13.3 Å². The van der Waals surface area contributed by atoms with E-state index < -0.39 is 0 Å². The van der Waals surface area contributed by atoms with Gasteiger partial charge in [0.15, 0.2) is 0 Å². The van der Waals surface area contributed by atoms with E-state index >= 15 is 0 Å². The highest BCUT2D eigenvalue weighted by Gasteiger charge is 2.06. The molecule has 3 heteroatoms. The fraction of sp³-hybridized carbons (Fsp3) is 0.750. The molecule has 0 aliphatic carbocycles. The van der Waals surface area contributed by atoms with Crippen LogP contribution in [0.2, 0.25) is 0 Å². The Morgan fingerprint density at radius 1 is 1.40 bits per heavy atom. The second-order valence-corrected chi connectivity index (χ2v) is 5.14. The molecule has 2 N–H and O–H groups in total. The first-order chi connectivity index (χ1) is 7.22. The fourth-order valence-corrected chi connectivity index (χ4v) is 2.52. The quantitative estimate of drug-likeness (QED) is 0.725. The number of thiazole rings is 1. The Balaban J connectivity index is 2.15. The molecule has 1 unspecified atom stereocenters. The van der Waals surface area contributed by atoms with Gasteiger partial charge < -0.3 is 5.73 Å². The van der Waals surface area contributed by atoms with Crippen LogP contribution in [-0.2, 0) is 6.42 Å². The SMILES string of the molecule is CCCCCCC(N)Cc1nc(C)cs1. The zero-order valence-electron chi connectivity index (χ0n) is 9.83. The molecule has 1 aromatic heterocycles. The minimum atomic E-state index is 0.299. The van der Waals surface area contributed by atoms with Crippen molar-refractivity contribution >= 4 is 11.3 Å². The Morgan fingerprint density at radius 2 is 2.20 bits per heavy atom. The molecule has 0 aliphatic heterocycles. The summed E-state index contributed by atoms with van der Waals surface area (Å²) in [6.07, 6.45) is 7.30. The molecule has 0 amide bonds. The van der Waals surface area contributed by atoms with Crippen molar-refractivity contribution in [2.24, 2.45) is 5.73 Å². The summed E-state index contributed by atoms with van der Waals surface area (Å²) < 4.78 is 0. The van der Waals surface area contributed by atoms with E-state index in [0.29, 0.717) is 6.04 Å². The number of hydrogen-bond donors (Lipinski definition) is 1. The molecule has 0 saturated heterocycles. The Hall–Kier alpha value is -0.410. The van der Waals surface area contributed by atoms with Crippen molar-refractivity contribution in [3.63, 3.8) is 0 Å². The lowest BCUT2D eigenvalue weighted by atomic mass is 10.1. The lowest BCUT2D eigenvalue weighted by Gasteiger charge is -2.08. The molecule has 0 aromatic carbocycles. The molecule has 0 fully saturated rings. The third-order valence-electron chi connectivity index (χ3n) is 2.53. The van der Waals surface area contributed by atoms with Gasteiger partial charge in [0.1, 0.15) is 0 Å². The van der Waals surface area contributed by atoms with Gasteiger partial charge in [-0.3, -0.25) is 0 Å². The van der Waals surface area contributed by atoms with E-state index in [9.17, 15) is 0 Å². The molecular weight excluding hydrogens is 204 g/mol. The van der Waals surface area contributed by atoms with Gasteiger partial charge in [-0.2, -0.15) is 0 Å². The third-order valence-corrected chi connectivity index (χ3v) is 3.52. The van der Waals surface area contributed by atoms with Crippen LogP contribution >= 0.6 is 11.3 Å². The summed E-state index contributed by atoms with van der Waals surface area (Å²) in [5.74, 6) is 0. The molecule has 0 radical (unpaired) electrons. The van der Waals surface area contributed by atoms with Gasteiger partial charge in [-0.25, -0.2) is 4.98 Å². The van der Waals surface area contributed by atoms with Crippen molar-refractivity contribution in [1.29, 1.82) is 0 Å². The Labute approximate surface area is 96.9 Å². The summed E-state index contributed by atoms with van der Waals surface area (Å²) in [7, 11) is 0. The maximum atomic E-state index is 6.06. The topological polar surface area (TPSA) is 38.9 Å². The van der Waals surface area contributed by atoms with Crippen LogP contribution in [0.1, 0.15) is 49.7 Å². The largest absolute Gasteiger partial charge is 0.327 e. The molecule has 15 heavy (non-hydrogen) atoms. The van der Waals surface area contributed by atoms with Crippen molar-refractivity contribution in [1.82, 2.24) is 4.98 Å². The minimum Gasteiger partial charge on any atom is -0.327 e. The number of aromatic nitrogens is 1. The van der Waals surface area contributed by atoms with Crippen LogP contribution in [0, 0.1) is 6.92 Å². The summed E-state index contributed by atoms with van der Waals surface area (Å²) in [4.78, 5) is 4.43. The van der Waals surface area contributed by atoms with E-state index in [1.165, 1.54) is 30.7 Å². The van der Waals surface area contributed by atoms with E-state index in [1.807, 2.05) is 6.92 Å². The highest BCUT2D eigenvalue weighted by atomic mass is 32.1. The number of nitrogens with two attached hydrogens (primary N) is 1. The van der Waals surface area contributed by atoms with Gasteiger partial charge in [0.05, 0.1) is 5.01 Å². The van der Waals surface area contributed by atoms with Gasteiger partial charge >= 0.3 is 0 Å². The Bertz CT molecular complexity index is 270. The Morgan fingerprint density at radius 3 is 2.80 bits per heavy atom. The van der Waals surface area contributed by atoms with Gasteiger partial charge in [-0.1, -0.05) is 32.6 Å². The van der Waals surface area contributed by atoms with Crippen LogP contribution < -0.4 is 5.73 Å². The van der Waals surface area contributed by atoms with Crippen LogP contribution in [0.5, 0.6) is 0 Å². The van der Waals surface area contributed by atoms with Crippen molar-refractivity contribution < 1.29 is 0 Å². The number of aryl methyl sites for hydroxylation is 1. The van der Waals surface area contributed by atoms with E-state index in [1.54, 1.807) is 11.3 Å². The first kappa shape index (κ1) is 12.7. The highest BCUT2D eigenvalue weighted by molar-refractivity contribution is 7.09. The van der Waals surface area contributed by atoms with E-state index in [0.717, 1.165) is 18.5 Å². The first-order valence-electron chi connectivity index (χ1n) is 5.89. The second kappa shape index (κ2) is 6.96. The van der Waals surface area contributed by atoms with Crippen LogP contribution in [0.15, 0.2) is 5.38 Å². The monoisotopic (exact) mass is 226 g/mol. The third kappa shape index (κ3) is 5.28. The molecule has 2 nitrogen and oxygen atoms in total. The molecule has 1 aromatic rings. The number of hydrogen-bond acceptors (Lipinski definition) is 3. The van der Waals surface area contributed by atoms with Crippen LogP contribution in [0.3, 0.4) is 0 Å². The molecule has 1 heterocycles. The summed E-state index contributed by atoms with van der Waals surface area (Å²) in [5.41, 5.74) is 7.18. The molecule has 1 rings (SSSR count). The predicted octanol–water partition coefficient (Wildman–Crippen LogP) is 3.29. The average molecular weight is 226 g/mol. The molecule has 0 aliphatic rings. The van der Waals surface area contributed by atoms with Crippen LogP contribution in [0.4, 0.5) is 0 Å². The summed E-state index contributed by atoms with van der Waals surface area (Å²) >= 11 is 1.73. The number of rotatable bonds is 7. The van der Waals surface area contributed by atoms with Gasteiger partial charge in [0.25, 0.3) is 0 Å². The molecule has 0 spiro atoms. The summed E-state index contributed by atoms with van der Waals surface area (Å²) in [6, 6.07) is 0.299. The van der Waals surface area contributed by atoms with Gasteiger partial charge in [0.2, 0.25) is 0 Å².